The molecule has 1 aliphatic heterocycles. The number of rotatable bonds is 12. The predicted molar refractivity (Wildman–Crippen MR) is 140 cm³/mol. The number of nitrogens with one attached hydrogen (secondary N) is 1. The second-order valence-corrected chi connectivity index (χ2v) is 10.3. The van der Waals surface area contributed by atoms with E-state index in [1.54, 1.807) is 0 Å². The minimum absolute atomic E-state index is 0.126. The van der Waals surface area contributed by atoms with Gasteiger partial charge in [0, 0.05) is 50.3 Å². The molecule has 1 unspecified atom stereocenters. The number of hydrogen-bond acceptors (Lipinski definition) is 8. The molecule has 190 valence electrons. The number of ether oxygens (including phenoxy) is 2. The molecule has 0 bridgehead atoms. The van der Waals surface area contributed by atoms with E-state index in [-0.39, 0.29) is 5.56 Å². The third kappa shape index (κ3) is 7.42. The fourth-order valence-electron chi connectivity index (χ4n) is 4.24. The van der Waals surface area contributed by atoms with E-state index in [2.05, 4.69) is 28.6 Å². The molecule has 2 N–H and O–H groups in total. The quantitative estimate of drug-likeness (QED) is 0.395. The van der Waals surface area contributed by atoms with Gasteiger partial charge < -0.3 is 19.6 Å². The normalized spacial score (nSPS) is 15.9. The van der Waals surface area contributed by atoms with Gasteiger partial charge >= 0.3 is 0 Å². The molecule has 4 rings (SSSR count). The lowest BCUT2D eigenvalue weighted by Crippen LogP contribution is -2.43. The van der Waals surface area contributed by atoms with Gasteiger partial charge in [-0.2, -0.15) is 0 Å². The second kappa shape index (κ2) is 12.7. The van der Waals surface area contributed by atoms with Crippen LogP contribution in [0.5, 0.6) is 0 Å². The van der Waals surface area contributed by atoms with Crippen molar-refractivity contribution in [3.63, 3.8) is 0 Å². The van der Waals surface area contributed by atoms with E-state index < -0.39 is 6.10 Å². The Hall–Kier alpha value is -2.14. The maximum Gasteiger partial charge on any atom is 0.260 e. The molecular weight excluding hydrogens is 464 g/mol. The number of aromatic nitrogens is 2. The first-order valence-corrected chi connectivity index (χ1v) is 13.2. The Morgan fingerprint density at radius 2 is 2.00 bits per heavy atom. The minimum atomic E-state index is -0.611. The fourth-order valence-corrected chi connectivity index (χ4v) is 5.21. The van der Waals surface area contributed by atoms with E-state index in [4.69, 9.17) is 14.5 Å². The molecule has 1 aliphatic rings. The number of nitrogens with zero attached hydrogens (tertiary/aromatic N) is 3. The van der Waals surface area contributed by atoms with Crippen LogP contribution >= 0.6 is 11.3 Å². The molecule has 3 heterocycles. The van der Waals surface area contributed by atoms with Gasteiger partial charge in [0.1, 0.15) is 10.7 Å². The number of thiophene rings is 1. The van der Waals surface area contributed by atoms with Crippen LogP contribution in [-0.4, -0.2) is 90.1 Å². The van der Waals surface area contributed by atoms with Gasteiger partial charge in [-0.1, -0.05) is 44.2 Å². The molecule has 1 atom stereocenters. The summed E-state index contributed by atoms with van der Waals surface area (Å²) >= 11 is 1.49. The highest BCUT2D eigenvalue weighted by molar-refractivity contribution is 7.17. The largest absolute Gasteiger partial charge is 0.389 e. The highest BCUT2D eigenvalue weighted by Crippen LogP contribution is 2.30. The maximum absolute atomic E-state index is 13.1. The summed E-state index contributed by atoms with van der Waals surface area (Å²) in [6.07, 6.45) is -0.611. The average molecular weight is 501 g/mol. The summed E-state index contributed by atoms with van der Waals surface area (Å²) in [4.78, 5) is 26.1. The van der Waals surface area contributed by atoms with Crippen LogP contribution in [-0.2, 0) is 16.0 Å². The van der Waals surface area contributed by atoms with Crippen LogP contribution in [0, 0.1) is 5.92 Å². The van der Waals surface area contributed by atoms with Crippen molar-refractivity contribution in [1.82, 2.24) is 19.8 Å². The molecule has 2 aromatic heterocycles. The van der Waals surface area contributed by atoms with Gasteiger partial charge in [-0.15, -0.1) is 11.3 Å². The highest BCUT2D eigenvalue weighted by atomic mass is 32.1. The van der Waals surface area contributed by atoms with E-state index in [1.165, 1.54) is 11.3 Å². The smallest absolute Gasteiger partial charge is 0.260 e. The zero-order valence-electron chi connectivity index (χ0n) is 20.6. The maximum atomic E-state index is 13.1. The SMILES string of the molecule is CC(C)COCC(O)CN(CCN1CCOCC1)Cc1nc2scc(-c3ccccc3)c2c(=O)[nH]1. The van der Waals surface area contributed by atoms with E-state index in [9.17, 15) is 9.90 Å². The van der Waals surface area contributed by atoms with Gasteiger partial charge in [0.15, 0.2) is 0 Å². The van der Waals surface area contributed by atoms with E-state index in [1.807, 2.05) is 35.7 Å². The Labute approximate surface area is 210 Å². The Morgan fingerprint density at radius 1 is 1.23 bits per heavy atom. The summed E-state index contributed by atoms with van der Waals surface area (Å²) in [7, 11) is 0. The van der Waals surface area contributed by atoms with Crippen LogP contribution in [0.2, 0.25) is 0 Å². The number of benzene rings is 1. The fraction of sp³-hybridized carbons (Fsp3) is 0.538. The van der Waals surface area contributed by atoms with Crippen molar-refractivity contribution in [3.05, 3.63) is 51.9 Å². The van der Waals surface area contributed by atoms with Crippen molar-refractivity contribution < 1.29 is 14.6 Å². The molecule has 0 spiro atoms. The van der Waals surface area contributed by atoms with Gasteiger partial charge in [0.2, 0.25) is 0 Å². The zero-order valence-corrected chi connectivity index (χ0v) is 21.4. The van der Waals surface area contributed by atoms with Gasteiger partial charge in [-0.3, -0.25) is 14.6 Å². The number of aliphatic hydroxyl groups excluding tert-OH is 1. The summed E-state index contributed by atoms with van der Waals surface area (Å²) in [6.45, 7) is 10.9. The molecule has 9 heteroatoms. The van der Waals surface area contributed by atoms with Crippen LogP contribution in [0.25, 0.3) is 21.3 Å². The first kappa shape index (κ1) is 25.9. The monoisotopic (exact) mass is 500 g/mol. The summed E-state index contributed by atoms with van der Waals surface area (Å²) in [6, 6.07) is 9.91. The van der Waals surface area contributed by atoms with Gasteiger partial charge in [-0.25, -0.2) is 4.98 Å². The zero-order chi connectivity index (χ0) is 24.6. The van der Waals surface area contributed by atoms with Crippen molar-refractivity contribution in [3.8, 4) is 11.1 Å². The van der Waals surface area contributed by atoms with Crippen LogP contribution in [0.4, 0.5) is 0 Å². The molecule has 35 heavy (non-hydrogen) atoms. The number of aliphatic hydroxyl groups is 1. The topological polar surface area (TPSA) is 90.9 Å². The van der Waals surface area contributed by atoms with Gasteiger partial charge in [0.25, 0.3) is 5.56 Å². The van der Waals surface area contributed by atoms with Crippen molar-refractivity contribution in [2.45, 2.75) is 26.5 Å². The first-order chi connectivity index (χ1) is 17.0. The lowest BCUT2D eigenvalue weighted by molar-refractivity contribution is 0.000565. The summed E-state index contributed by atoms with van der Waals surface area (Å²) in [5, 5.41) is 13.2. The summed E-state index contributed by atoms with van der Waals surface area (Å²) in [5.74, 6) is 1.04. The number of aromatic amines is 1. The average Bonchev–Trinajstić information content (AvgIpc) is 3.28. The van der Waals surface area contributed by atoms with Crippen molar-refractivity contribution in [1.29, 1.82) is 0 Å². The molecule has 0 saturated carbocycles. The molecule has 1 fully saturated rings. The van der Waals surface area contributed by atoms with Crippen molar-refractivity contribution in [2.75, 3.05) is 59.2 Å². The standard InChI is InChI=1S/C26H36N4O4S/c1-19(2)16-34-17-21(31)14-30(9-8-29-10-12-33-13-11-29)15-23-27-25(32)24-22(18-35-26(24)28-23)20-6-4-3-5-7-20/h3-7,18-19,21,31H,8-17H2,1-2H3,(H,27,28,32). The number of hydrogen-bond donors (Lipinski definition) is 2. The predicted octanol–water partition coefficient (Wildman–Crippen LogP) is 2.82. The molecular formula is C26H36N4O4S. The third-order valence-electron chi connectivity index (χ3n) is 6.02. The number of morpholine rings is 1. The molecule has 1 saturated heterocycles. The van der Waals surface area contributed by atoms with Gasteiger partial charge in [0.05, 0.1) is 37.9 Å². The van der Waals surface area contributed by atoms with Crippen LogP contribution in [0.3, 0.4) is 0 Å². The molecule has 0 amide bonds. The minimum Gasteiger partial charge on any atom is -0.389 e. The van der Waals surface area contributed by atoms with Crippen LogP contribution in [0.15, 0.2) is 40.5 Å². The molecule has 0 aliphatic carbocycles. The van der Waals surface area contributed by atoms with Crippen molar-refractivity contribution in [2.24, 2.45) is 5.92 Å². The molecule has 0 radical (unpaired) electrons. The lowest BCUT2D eigenvalue weighted by Gasteiger charge is -2.30. The van der Waals surface area contributed by atoms with E-state index in [0.29, 0.717) is 43.4 Å². The van der Waals surface area contributed by atoms with Crippen LogP contribution < -0.4 is 5.56 Å². The van der Waals surface area contributed by atoms with Crippen molar-refractivity contribution >= 4 is 21.6 Å². The Bertz CT molecular complexity index is 1110. The number of fused-ring (bicyclic) bond motifs is 1. The lowest BCUT2D eigenvalue weighted by atomic mass is 10.1. The Balaban J connectivity index is 1.48. The third-order valence-corrected chi connectivity index (χ3v) is 6.89. The highest BCUT2D eigenvalue weighted by Gasteiger charge is 2.19. The summed E-state index contributed by atoms with van der Waals surface area (Å²) in [5.41, 5.74) is 1.79. The van der Waals surface area contributed by atoms with E-state index in [0.717, 1.165) is 55.4 Å². The summed E-state index contributed by atoms with van der Waals surface area (Å²) < 4.78 is 11.1. The van der Waals surface area contributed by atoms with E-state index >= 15 is 0 Å². The second-order valence-electron chi connectivity index (χ2n) is 9.48. The molecule has 3 aromatic rings. The molecule has 1 aromatic carbocycles. The Kier molecular flexibility index (Phi) is 9.42. The van der Waals surface area contributed by atoms with Crippen LogP contribution in [0.1, 0.15) is 19.7 Å². The Morgan fingerprint density at radius 3 is 2.74 bits per heavy atom. The molecule has 8 nitrogen and oxygen atoms in total. The first-order valence-electron chi connectivity index (χ1n) is 12.3. The van der Waals surface area contributed by atoms with Gasteiger partial charge in [-0.05, 0) is 11.5 Å². The number of H-pyrrole nitrogens is 1.